The summed E-state index contributed by atoms with van der Waals surface area (Å²) in [6, 6.07) is 7.91. The molecule has 0 saturated carbocycles. The van der Waals surface area contributed by atoms with E-state index >= 15 is 0 Å². The number of hydrogen-bond acceptors (Lipinski definition) is 6. The Morgan fingerprint density at radius 3 is 2.50 bits per heavy atom. The summed E-state index contributed by atoms with van der Waals surface area (Å²) in [6.07, 6.45) is 0. The number of aliphatic imine (C=N–C) groups is 1. The first kappa shape index (κ1) is 21.8. The van der Waals surface area contributed by atoms with E-state index in [2.05, 4.69) is 45.0 Å². The third-order valence-corrected chi connectivity index (χ3v) is 5.61. The molecule has 3 rings (SSSR count). The van der Waals surface area contributed by atoms with Crippen LogP contribution in [0.4, 0.5) is 0 Å². The molecule has 0 aliphatic carbocycles. The predicted molar refractivity (Wildman–Crippen MR) is 120 cm³/mol. The first-order valence-electron chi connectivity index (χ1n) is 9.90. The molecule has 0 fully saturated rings. The lowest BCUT2D eigenvalue weighted by atomic mass is 10.2. The van der Waals surface area contributed by atoms with Crippen LogP contribution in [0, 0.1) is 6.92 Å². The Hall–Kier alpha value is -2.94. The lowest BCUT2D eigenvalue weighted by molar-refractivity contribution is 0.414. The zero-order valence-corrected chi connectivity index (χ0v) is 19.0. The first-order chi connectivity index (χ1) is 14.5. The zero-order chi connectivity index (χ0) is 21.5. The predicted octanol–water partition coefficient (Wildman–Crippen LogP) is 3.15. The molecule has 2 heterocycles. The first-order valence-corrected chi connectivity index (χ1v) is 10.8. The Balaban J connectivity index is 1.68. The average molecular weight is 428 g/mol. The smallest absolute Gasteiger partial charge is 0.192 e. The van der Waals surface area contributed by atoms with Gasteiger partial charge in [0.15, 0.2) is 11.8 Å². The van der Waals surface area contributed by atoms with Crippen molar-refractivity contribution in [2.45, 2.75) is 46.3 Å². The molecule has 160 valence electrons. The summed E-state index contributed by atoms with van der Waals surface area (Å²) in [5.74, 6) is 3.69. The molecule has 1 aromatic carbocycles. The molecule has 0 saturated heterocycles. The lowest BCUT2D eigenvalue weighted by Gasteiger charge is -2.12. The second-order valence-corrected chi connectivity index (χ2v) is 8.21. The quantitative estimate of drug-likeness (QED) is 0.424. The van der Waals surface area contributed by atoms with Crippen LogP contribution in [0.5, 0.6) is 5.75 Å². The van der Waals surface area contributed by atoms with Crippen LogP contribution in [0.1, 0.15) is 47.7 Å². The largest absolute Gasteiger partial charge is 0.497 e. The van der Waals surface area contributed by atoms with E-state index in [4.69, 9.17) is 9.73 Å². The van der Waals surface area contributed by atoms with Crippen molar-refractivity contribution in [3.05, 3.63) is 57.6 Å². The van der Waals surface area contributed by atoms with Crippen LogP contribution in [0.15, 0.2) is 34.6 Å². The van der Waals surface area contributed by atoms with Gasteiger partial charge in [-0.15, -0.1) is 21.5 Å². The molecular formula is C21H29N7OS. The number of nitrogens with one attached hydrogen (secondary N) is 2. The van der Waals surface area contributed by atoms with Gasteiger partial charge in [-0.05, 0) is 30.5 Å². The lowest BCUT2D eigenvalue weighted by Crippen LogP contribution is -2.37. The molecule has 0 bridgehead atoms. The molecule has 2 N–H and O–H groups in total. The maximum Gasteiger partial charge on any atom is 0.192 e. The molecule has 30 heavy (non-hydrogen) atoms. The minimum absolute atomic E-state index is 0.426. The summed E-state index contributed by atoms with van der Waals surface area (Å²) < 4.78 is 7.18. The molecule has 0 aliphatic heterocycles. The summed E-state index contributed by atoms with van der Waals surface area (Å²) in [4.78, 5) is 9.42. The van der Waals surface area contributed by atoms with Gasteiger partial charge in [-0.1, -0.05) is 26.0 Å². The topological polar surface area (TPSA) is 89.2 Å². The second-order valence-electron chi connectivity index (χ2n) is 7.26. The van der Waals surface area contributed by atoms with E-state index in [0.29, 0.717) is 31.5 Å². The van der Waals surface area contributed by atoms with Gasteiger partial charge in [-0.3, -0.25) is 0 Å². The number of thiazole rings is 1. The maximum atomic E-state index is 5.22. The number of ether oxygens (including phenoxy) is 1. The van der Waals surface area contributed by atoms with Crippen LogP contribution in [0.3, 0.4) is 0 Å². The number of guanidine groups is 1. The van der Waals surface area contributed by atoms with E-state index in [9.17, 15) is 0 Å². The summed E-state index contributed by atoms with van der Waals surface area (Å²) in [5.41, 5.74) is 2.22. The fourth-order valence-electron chi connectivity index (χ4n) is 2.67. The van der Waals surface area contributed by atoms with Gasteiger partial charge in [-0.25, -0.2) is 9.98 Å². The Kier molecular flexibility index (Phi) is 7.40. The number of rotatable bonds is 8. The molecular weight excluding hydrogens is 398 g/mol. The van der Waals surface area contributed by atoms with E-state index in [1.54, 1.807) is 18.4 Å². The van der Waals surface area contributed by atoms with Crippen molar-refractivity contribution in [2.24, 2.45) is 12.0 Å². The standard InChI is InChI=1S/C21H29N7OS/c1-14(2)18-13-30-20(25-18)12-24-21(23-11-19-27-26-15(3)28(19)4)22-10-16-6-8-17(29-5)9-7-16/h6-9,13-14H,10-12H2,1-5H3,(H2,22,23,24). The van der Waals surface area contributed by atoms with E-state index < -0.39 is 0 Å². The van der Waals surface area contributed by atoms with Crippen molar-refractivity contribution in [1.82, 2.24) is 30.4 Å². The number of benzene rings is 1. The van der Waals surface area contributed by atoms with Crippen molar-refractivity contribution < 1.29 is 4.74 Å². The van der Waals surface area contributed by atoms with Gasteiger partial charge in [0.1, 0.15) is 16.6 Å². The van der Waals surface area contributed by atoms with Gasteiger partial charge in [0.05, 0.1) is 32.4 Å². The highest BCUT2D eigenvalue weighted by Crippen LogP contribution is 2.17. The van der Waals surface area contributed by atoms with Crippen LogP contribution in [0.25, 0.3) is 0 Å². The monoisotopic (exact) mass is 427 g/mol. The highest BCUT2D eigenvalue weighted by molar-refractivity contribution is 7.09. The van der Waals surface area contributed by atoms with Crippen LogP contribution in [-0.4, -0.2) is 32.8 Å². The molecule has 0 aliphatic rings. The molecule has 0 atom stereocenters. The Bertz CT molecular complexity index is 976. The van der Waals surface area contributed by atoms with Gasteiger partial charge in [0, 0.05) is 12.4 Å². The highest BCUT2D eigenvalue weighted by atomic mass is 32.1. The van der Waals surface area contributed by atoms with Crippen LogP contribution in [0.2, 0.25) is 0 Å². The van der Waals surface area contributed by atoms with Gasteiger partial charge in [0.2, 0.25) is 0 Å². The van der Waals surface area contributed by atoms with E-state index in [-0.39, 0.29) is 0 Å². The maximum absolute atomic E-state index is 5.22. The number of hydrogen-bond donors (Lipinski definition) is 2. The van der Waals surface area contributed by atoms with E-state index in [1.807, 2.05) is 42.8 Å². The molecule has 0 spiro atoms. The normalized spacial score (nSPS) is 11.7. The number of aryl methyl sites for hydroxylation is 1. The molecule has 9 heteroatoms. The molecule has 2 aromatic heterocycles. The SMILES string of the molecule is COc1ccc(CN=C(NCc2nc(C(C)C)cs2)NCc2nnc(C)n2C)cc1. The van der Waals surface area contributed by atoms with Gasteiger partial charge in [0.25, 0.3) is 0 Å². The minimum atomic E-state index is 0.426. The molecule has 0 unspecified atom stereocenters. The Morgan fingerprint density at radius 1 is 1.17 bits per heavy atom. The number of methoxy groups -OCH3 is 1. The third-order valence-electron chi connectivity index (χ3n) is 4.74. The fraction of sp³-hybridized carbons (Fsp3) is 0.429. The van der Waals surface area contributed by atoms with Crippen molar-refractivity contribution in [2.75, 3.05) is 7.11 Å². The number of aromatic nitrogens is 4. The van der Waals surface area contributed by atoms with E-state index in [1.165, 1.54) is 0 Å². The van der Waals surface area contributed by atoms with Crippen LogP contribution < -0.4 is 15.4 Å². The van der Waals surface area contributed by atoms with E-state index in [0.717, 1.165) is 33.7 Å². The zero-order valence-electron chi connectivity index (χ0n) is 18.1. The molecule has 8 nitrogen and oxygen atoms in total. The second kappa shape index (κ2) is 10.2. The summed E-state index contributed by atoms with van der Waals surface area (Å²) in [7, 11) is 3.62. The van der Waals surface area contributed by atoms with Crippen molar-refractivity contribution in [3.8, 4) is 5.75 Å². The number of nitrogens with zero attached hydrogens (tertiary/aromatic N) is 5. The van der Waals surface area contributed by atoms with Crippen LogP contribution in [-0.2, 0) is 26.7 Å². The third kappa shape index (κ3) is 5.79. The minimum Gasteiger partial charge on any atom is -0.497 e. The Morgan fingerprint density at radius 2 is 1.90 bits per heavy atom. The molecule has 3 aromatic rings. The highest BCUT2D eigenvalue weighted by Gasteiger charge is 2.09. The summed E-state index contributed by atoms with van der Waals surface area (Å²) >= 11 is 1.66. The summed E-state index contributed by atoms with van der Waals surface area (Å²) in [6.45, 7) is 7.93. The Labute approximate surface area is 181 Å². The molecule has 0 radical (unpaired) electrons. The van der Waals surface area contributed by atoms with Crippen molar-refractivity contribution in [3.63, 3.8) is 0 Å². The van der Waals surface area contributed by atoms with Crippen molar-refractivity contribution >= 4 is 17.3 Å². The average Bonchev–Trinajstić information content (AvgIpc) is 3.35. The van der Waals surface area contributed by atoms with Gasteiger partial charge < -0.3 is 19.9 Å². The fourth-order valence-corrected chi connectivity index (χ4v) is 3.57. The van der Waals surface area contributed by atoms with Gasteiger partial charge >= 0.3 is 0 Å². The summed E-state index contributed by atoms with van der Waals surface area (Å²) in [5, 5.41) is 18.2. The van der Waals surface area contributed by atoms with Crippen LogP contribution >= 0.6 is 11.3 Å². The molecule has 0 amide bonds. The van der Waals surface area contributed by atoms with Gasteiger partial charge in [-0.2, -0.15) is 0 Å². The van der Waals surface area contributed by atoms with Crippen molar-refractivity contribution in [1.29, 1.82) is 0 Å².